The van der Waals surface area contributed by atoms with Crippen molar-refractivity contribution in [3.05, 3.63) is 36.4 Å². The number of nitrogens with one attached hydrogen (secondary N) is 2. The maximum absolute atomic E-state index is 11.7. The Morgan fingerprint density at radius 1 is 1.45 bits per heavy atom. The van der Waals surface area contributed by atoms with Crippen molar-refractivity contribution >= 4 is 23.2 Å². The van der Waals surface area contributed by atoms with E-state index in [-0.39, 0.29) is 18.4 Å². The second kappa shape index (κ2) is 6.34. The topological polar surface area (TPSA) is 61.4 Å². The molecule has 1 aliphatic heterocycles. The first-order chi connectivity index (χ1) is 9.61. The van der Waals surface area contributed by atoms with E-state index in [0.717, 1.165) is 23.4 Å². The number of carbonyl (C=O) groups is 2. The minimum Gasteiger partial charge on any atom is -0.325 e. The van der Waals surface area contributed by atoms with E-state index in [9.17, 15) is 9.59 Å². The van der Waals surface area contributed by atoms with Gasteiger partial charge in [0.25, 0.3) is 0 Å². The lowest BCUT2D eigenvalue weighted by Crippen LogP contribution is -2.28. The number of fused-ring (bicyclic) bond motifs is 1. The zero-order chi connectivity index (χ0) is 14.5. The Hall–Kier alpha value is -2.14. The zero-order valence-electron chi connectivity index (χ0n) is 11.6. The molecule has 0 spiro atoms. The lowest BCUT2D eigenvalue weighted by molar-refractivity contribution is -0.116. The molecule has 0 fully saturated rings. The van der Waals surface area contributed by atoms with Gasteiger partial charge in [0, 0.05) is 31.4 Å². The van der Waals surface area contributed by atoms with Crippen LogP contribution < -0.4 is 15.5 Å². The SMILES string of the molecule is C=CCNCC(=O)Nc1ccc2c(c1)CCN2C(C)=O. The first-order valence-electron chi connectivity index (χ1n) is 6.64. The molecule has 0 aliphatic carbocycles. The normalized spacial score (nSPS) is 12.9. The first kappa shape index (κ1) is 14.3. The molecule has 0 atom stereocenters. The van der Waals surface area contributed by atoms with Crippen LogP contribution in [0.3, 0.4) is 0 Å². The fourth-order valence-corrected chi connectivity index (χ4v) is 2.30. The maximum Gasteiger partial charge on any atom is 0.238 e. The summed E-state index contributed by atoms with van der Waals surface area (Å²) in [5, 5.41) is 5.78. The van der Waals surface area contributed by atoms with Crippen molar-refractivity contribution in [1.29, 1.82) is 0 Å². The van der Waals surface area contributed by atoms with Gasteiger partial charge in [0.2, 0.25) is 11.8 Å². The van der Waals surface area contributed by atoms with Crippen molar-refractivity contribution in [3.8, 4) is 0 Å². The van der Waals surface area contributed by atoms with Crippen LogP contribution in [0.15, 0.2) is 30.9 Å². The van der Waals surface area contributed by atoms with Crippen LogP contribution in [0.5, 0.6) is 0 Å². The monoisotopic (exact) mass is 273 g/mol. The van der Waals surface area contributed by atoms with Gasteiger partial charge < -0.3 is 15.5 Å². The highest BCUT2D eigenvalue weighted by molar-refractivity contribution is 5.96. The highest BCUT2D eigenvalue weighted by Crippen LogP contribution is 2.30. The Morgan fingerprint density at radius 2 is 2.25 bits per heavy atom. The molecule has 1 heterocycles. The summed E-state index contributed by atoms with van der Waals surface area (Å²) in [5.41, 5.74) is 2.80. The van der Waals surface area contributed by atoms with Gasteiger partial charge in [0.05, 0.1) is 6.54 Å². The van der Waals surface area contributed by atoms with Crippen molar-refractivity contribution in [3.63, 3.8) is 0 Å². The third kappa shape index (κ3) is 3.24. The summed E-state index contributed by atoms with van der Waals surface area (Å²) in [5.74, 6) is -0.0395. The van der Waals surface area contributed by atoms with Crippen molar-refractivity contribution in [1.82, 2.24) is 5.32 Å². The number of nitrogens with zero attached hydrogens (tertiary/aromatic N) is 1. The smallest absolute Gasteiger partial charge is 0.238 e. The third-order valence-corrected chi connectivity index (χ3v) is 3.21. The molecular formula is C15H19N3O2. The molecule has 20 heavy (non-hydrogen) atoms. The molecule has 0 radical (unpaired) electrons. The fourth-order valence-electron chi connectivity index (χ4n) is 2.30. The molecule has 2 amide bonds. The van der Waals surface area contributed by atoms with Crippen molar-refractivity contribution in [2.75, 3.05) is 29.9 Å². The summed E-state index contributed by atoms with van der Waals surface area (Å²) < 4.78 is 0. The lowest BCUT2D eigenvalue weighted by Gasteiger charge is -2.15. The lowest BCUT2D eigenvalue weighted by atomic mass is 10.1. The molecule has 5 heteroatoms. The molecular weight excluding hydrogens is 254 g/mol. The van der Waals surface area contributed by atoms with Crippen LogP contribution in [-0.2, 0) is 16.0 Å². The van der Waals surface area contributed by atoms with Crippen molar-refractivity contribution in [2.45, 2.75) is 13.3 Å². The van der Waals surface area contributed by atoms with Crippen LogP contribution in [0.4, 0.5) is 11.4 Å². The summed E-state index contributed by atoms with van der Waals surface area (Å²) >= 11 is 0. The van der Waals surface area contributed by atoms with Crippen LogP contribution in [0.2, 0.25) is 0 Å². The van der Waals surface area contributed by atoms with Gasteiger partial charge in [-0.2, -0.15) is 0 Å². The molecule has 2 rings (SSSR count). The van der Waals surface area contributed by atoms with E-state index in [4.69, 9.17) is 0 Å². The highest BCUT2D eigenvalue weighted by atomic mass is 16.2. The number of hydrogen-bond acceptors (Lipinski definition) is 3. The van der Waals surface area contributed by atoms with Gasteiger partial charge in [-0.1, -0.05) is 6.08 Å². The number of anilines is 2. The quantitative estimate of drug-likeness (QED) is 0.628. The molecule has 0 bridgehead atoms. The average Bonchev–Trinajstić information content (AvgIpc) is 2.82. The minimum absolute atomic E-state index is 0.0501. The van der Waals surface area contributed by atoms with Crippen LogP contribution in [0.25, 0.3) is 0 Å². The molecule has 0 aromatic heterocycles. The van der Waals surface area contributed by atoms with Crippen LogP contribution in [0.1, 0.15) is 12.5 Å². The second-order valence-electron chi connectivity index (χ2n) is 4.73. The van der Waals surface area contributed by atoms with E-state index in [2.05, 4.69) is 17.2 Å². The predicted molar refractivity (Wildman–Crippen MR) is 79.9 cm³/mol. The van der Waals surface area contributed by atoms with E-state index < -0.39 is 0 Å². The molecule has 1 aromatic rings. The molecule has 0 saturated carbocycles. The minimum atomic E-state index is -0.0896. The molecule has 5 nitrogen and oxygen atoms in total. The average molecular weight is 273 g/mol. The molecule has 2 N–H and O–H groups in total. The number of rotatable bonds is 5. The summed E-state index contributed by atoms with van der Waals surface area (Å²) in [6.45, 7) is 6.71. The first-order valence-corrected chi connectivity index (χ1v) is 6.64. The Labute approximate surface area is 118 Å². The predicted octanol–water partition coefficient (Wildman–Crippen LogP) is 1.31. The maximum atomic E-state index is 11.7. The molecule has 1 aromatic carbocycles. The molecule has 0 unspecified atom stereocenters. The third-order valence-electron chi connectivity index (χ3n) is 3.21. The Morgan fingerprint density at radius 3 is 2.95 bits per heavy atom. The Balaban J connectivity index is 2.00. The number of hydrogen-bond donors (Lipinski definition) is 2. The summed E-state index contributed by atoms with van der Waals surface area (Å²) in [6.07, 6.45) is 2.53. The number of carbonyl (C=O) groups excluding carboxylic acids is 2. The van der Waals surface area contributed by atoms with E-state index >= 15 is 0 Å². The van der Waals surface area contributed by atoms with Gasteiger partial charge in [-0.05, 0) is 30.2 Å². The van der Waals surface area contributed by atoms with Crippen LogP contribution in [-0.4, -0.2) is 31.4 Å². The van der Waals surface area contributed by atoms with Crippen molar-refractivity contribution in [2.24, 2.45) is 0 Å². The molecule has 106 valence electrons. The summed E-state index contributed by atoms with van der Waals surface area (Å²) in [6, 6.07) is 5.64. The number of amides is 2. The van der Waals surface area contributed by atoms with Gasteiger partial charge in [0.1, 0.15) is 0 Å². The van der Waals surface area contributed by atoms with Gasteiger partial charge in [-0.15, -0.1) is 6.58 Å². The van der Waals surface area contributed by atoms with Gasteiger partial charge in [0.15, 0.2) is 0 Å². The largest absolute Gasteiger partial charge is 0.325 e. The van der Waals surface area contributed by atoms with Crippen LogP contribution >= 0.6 is 0 Å². The van der Waals surface area contributed by atoms with E-state index in [1.807, 2.05) is 18.2 Å². The van der Waals surface area contributed by atoms with Crippen LogP contribution in [0, 0.1) is 0 Å². The fraction of sp³-hybridized carbons (Fsp3) is 0.333. The zero-order valence-corrected chi connectivity index (χ0v) is 11.6. The molecule has 1 aliphatic rings. The van der Waals surface area contributed by atoms with E-state index in [0.29, 0.717) is 13.1 Å². The van der Waals surface area contributed by atoms with Gasteiger partial charge >= 0.3 is 0 Å². The van der Waals surface area contributed by atoms with Gasteiger partial charge in [-0.3, -0.25) is 9.59 Å². The van der Waals surface area contributed by atoms with E-state index in [1.54, 1.807) is 17.9 Å². The standard InChI is InChI=1S/C15H19N3O2/c1-3-7-16-10-15(20)17-13-4-5-14-12(9-13)6-8-18(14)11(2)19/h3-5,9,16H,1,6-8,10H2,2H3,(H,17,20). The van der Waals surface area contributed by atoms with Gasteiger partial charge in [-0.25, -0.2) is 0 Å². The summed E-state index contributed by atoms with van der Waals surface area (Å²) in [7, 11) is 0. The second-order valence-corrected chi connectivity index (χ2v) is 4.73. The summed E-state index contributed by atoms with van der Waals surface area (Å²) in [4.78, 5) is 24.9. The Bertz CT molecular complexity index is 540. The Kier molecular flexibility index (Phi) is 4.53. The highest BCUT2D eigenvalue weighted by Gasteiger charge is 2.22. The number of benzene rings is 1. The van der Waals surface area contributed by atoms with E-state index in [1.165, 1.54) is 0 Å². The molecule has 0 saturated heterocycles. The van der Waals surface area contributed by atoms with Crippen molar-refractivity contribution < 1.29 is 9.59 Å².